The SMILES string of the molecule is C=CC(F)(OCC(C)C)OCC(C)C. The Morgan fingerprint density at radius 1 is 1.14 bits per heavy atom. The molecule has 0 saturated carbocycles. The van der Waals surface area contributed by atoms with E-state index in [0.29, 0.717) is 13.2 Å². The molecule has 0 aromatic rings. The van der Waals surface area contributed by atoms with Crippen LogP contribution in [-0.2, 0) is 9.47 Å². The molecule has 0 fully saturated rings. The highest BCUT2D eigenvalue weighted by Crippen LogP contribution is 2.19. The summed E-state index contributed by atoms with van der Waals surface area (Å²) in [6.07, 6.45) is 1.05. The number of ether oxygens (including phenoxy) is 2. The first-order chi connectivity index (χ1) is 6.39. The summed E-state index contributed by atoms with van der Waals surface area (Å²) in [5.74, 6) is 0.542. The highest BCUT2D eigenvalue weighted by Gasteiger charge is 2.28. The summed E-state index contributed by atoms with van der Waals surface area (Å²) < 4.78 is 23.6. The maximum absolute atomic E-state index is 13.7. The Balaban J connectivity index is 3.97. The minimum absolute atomic E-state index is 0.271. The molecular formula is C11H21FO2. The zero-order chi connectivity index (χ0) is 11.2. The Kier molecular flexibility index (Phi) is 5.96. The first-order valence-electron chi connectivity index (χ1n) is 5.00. The molecule has 0 radical (unpaired) electrons. The minimum Gasteiger partial charge on any atom is -0.320 e. The fourth-order valence-corrected chi connectivity index (χ4v) is 0.720. The van der Waals surface area contributed by atoms with Gasteiger partial charge in [-0.15, -0.1) is 0 Å². The second-order valence-electron chi connectivity index (χ2n) is 4.20. The van der Waals surface area contributed by atoms with Gasteiger partial charge in [-0.05, 0) is 11.8 Å². The molecule has 3 heteroatoms. The van der Waals surface area contributed by atoms with E-state index >= 15 is 0 Å². The molecule has 2 nitrogen and oxygen atoms in total. The lowest BCUT2D eigenvalue weighted by Gasteiger charge is -2.23. The van der Waals surface area contributed by atoms with Crippen molar-refractivity contribution in [2.75, 3.05) is 13.2 Å². The van der Waals surface area contributed by atoms with Crippen LogP contribution in [0.1, 0.15) is 27.7 Å². The fourth-order valence-electron chi connectivity index (χ4n) is 0.720. The van der Waals surface area contributed by atoms with Crippen LogP contribution in [0.4, 0.5) is 4.39 Å². The van der Waals surface area contributed by atoms with Crippen LogP contribution in [0.15, 0.2) is 12.7 Å². The van der Waals surface area contributed by atoms with Gasteiger partial charge in [-0.3, -0.25) is 0 Å². The van der Waals surface area contributed by atoms with Crippen LogP contribution in [0.2, 0.25) is 0 Å². The third-order valence-corrected chi connectivity index (χ3v) is 1.47. The molecule has 0 amide bonds. The first-order valence-corrected chi connectivity index (χ1v) is 5.00. The molecule has 0 aromatic carbocycles. The summed E-state index contributed by atoms with van der Waals surface area (Å²) in [5.41, 5.74) is 0. The molecule has 0 spiro atoms. The predicted octanol–water partition coefficient (Wildman–Crippen LogP) is 3.14. The first kappa shape index (κ1) is 13.6. The van der Waals surface area contributed by atoms with Gasteiger partial charge in [-0.1, -0.05) is 34.3 Å². The van der Waals surface area contributed by atoms with Crippen LogP contribution < -0.4 is 0 Å². The standard InChI is InChI=1S/C11H21FO2/c1-6-11(12,13-7-9(2)3)14-8-10(4)5/h6,9-10H,1,7-8H2,2-5H3. The third-order valence-electron chi connectivity index (χ3n) is 1.47. The van der Waals surface area contributed by atoms with Crippen molar-refractivity contribution in [3.05, 3.63) is 12.7 Å². The van der Waals surface area contributed by atoms with Gasteiger partial charge in [0.15, 0.2) is 0 Å². The average molecular weight is 204 g/mol. The van der Waals surface area contributed by atoms with Gasteiger partial charge in [0.05, 0.1) is 13.2 Å². The lowest BCUT2D eigenvalue weighted by atomic mass is 10.2. The molecule has 0 N–H and O–H groups in total. The number of hydrogen-bond acceptors (Lipinski definition) is 2. The van der Waals surface area contributed by atoms with Crippen molar-refractivity contribution in [3.63, 3.8) is 0 Å². The Morgan fingerprint density at radius 3 is 1.71 bits per heavy atom. The zero-order valence-electron chi connectivity index (χ0n) is 9.55. The fraction of sp³-hybridized carbons (Fsp3) is 0.818. The number of halogens is 1. The maximum atomic E-state index is 13.7. The van der Waals surface area contributed by atoms with Crippen molar-refractivity contribution in [1.82, 2.24) is 0 Å². The van der Waals surface area contributed by atoms with Crippen molar-refractivity contribution < 1.29 is 13.9 Å². The van der Waals surface area contributed by atoms with Crippen LogP contribution in [-0.4, -0.2) is 19.3 Å². The van der Waals surface area contributed by atoms with Gasteiger partial charge < -0.3 is 9.47 Å². The van der Waals surface area contributed by atoms with E-state index in [1.165, 1.54) is 0 Å². The molecular weight excluding hydrogens is 183 g/mol. The molecule has 0 heterocycles. The summed E-state index contributed by atoms with van der Waals surface area (Å²) in [6.45, 7) is 11.8. The van der Waals surface area contributed by atoms with E-state index in [-0.39, 0.29) is 11.8 Å². The second kappa shape index (κ2) is 6.14. The van der Waals surface area contributed by atoms with Gasteiger partial charge in [0.2, 0.25) is 0 Å². The van der Waals surface area contributed by atoms with Crippen molar-refractivity contribution in [1.29, 1.82) is 0 Å². The summed E-state index contributed by atoms with van der Waals surface area (Å²) in [4.78, 5) is 0. The quantitative estimate of drug-likeness (QED) is 0.468. The Morgan fingerprint density at radius 2 is 1.50 bits per heavy atom. The van der Waals surface area contributed by atoms with Crippen LogP contribution in [0, 0.1) is 11.8 Å². The van der Waals surface area contributed by atoms with Gasteiger partial charge in [0.25, 0.3) is 0 Å². The topological polar surface area (TPSA) is 18.5 Å². The normalized spacial score (nSPS) is 12.5. The Bertz CT molecular complexity index is 155. The zero-order valence-corrected chi connectivity index (χ0v) is 9.55. The van der Waals surface area contributed by atoms with Crippen molar-refractivity contribution >= 4 is 0 Å². The van der Waals surface area contributed by atoms with E-state index in [9.17, 15) is 4.39 Å². The smallest absolute Gasteiger partial charge is 0.320 e. The highest BCUT2D eigenvalue weighted by molar-refractivity contribution is 4.80. The predicted molar refractivity (Wildman–Crippen MR) is 55.6 cm³/mol. The third kappa shape index (κ3) is 6.11. The lowest BCUT2D eigenvalue weighted by Crippen LogP contribution is -2.31. The molecule has 0 aliphatic rings. The average Bonchev–Trinajstić information content (AvgIpc) is 2.11. The summed E-state index contributed by atoms with van der Waals surface area (Å²) in [6, 6.07) is -2.13. The summed E-state index contributed by atoms with van der Waals surface area (Å²) >= 11 is 0. The van der Waals surface area contributed by atoms with Crippen molar-refractivity contribution in [3.8, 4) is 0 Å². The largest absolute Gasteiger partial charge is 0.341 e. The number of rotatable bonds is 7. The molecule has 0 atom stereocenters. The highest BCUT2D eigenvalue weighted by atomic mass is 19.2. The molecule has 0 aliphatic heterocycles. The van der Waals surface area contributed by atoms with Gasteiger partial charge in [0.1, 0.15) is 0 Å². The van der Waals surface area contributed by atoms with Gasteiger partial charge in [0, 0.05) is 6.08 Å². The Hall–Kier alpha value is -0.410. The van der Waals surface area contributed by atoms with Gasteiger partial charge in [-0.2, -0.15) is 4.39 Å². The number of hydrogen-bond donors (Lipinski definition) is 0. The van der Waals surface area contributed by atoms with E-state index in [0.717, 1.165) is 6.08 Å². The molecule has 14 heavy (non-hydrogen) atoms. The monoisotopic (exact) mass is 204 g/mol. The lowest BCUT2D eigenvalue weighted by molar-refractivity contribution is -0.289. The molecule has 0 bridgehead atoms. The van der Waals surface area contributed by atoms with Crippen molar-refractivity contribution in [2.24, 2.45) is 11.8 Å². The molecule has 0 saturated heterocycles. The van der Waals surface area contributed by atoms with Gasteiger partial charge in [-0.25, -0.2) is 0 Å². The van der Waals surface area contributed by atoms with Crippen LogP contribution in [0.3, 0.4) is 0 Å². The van der Waals surface area contributed by atoms with E-state index in [4.69, 9.17) is 9.47 Å². The summed E-state index contributed by atoms with van der Waals surface area (Å²) in [7, 11) is 0. The molecule has 0 rings (SSSR count). The molecule has 84 valence electrons. The van der Waals surface area contributed by atoms with Gasteiger partial charge >= 0.3 is 6.04 Å². The Labute approximate surface area is 86.1 Å². The van der Waals surface area contributed by atoms with E-state index in [1.54, 1.807) is 0 Å². The van der Waals surface area contributed by atoms with Crippen molar-refractivity contribution in [2.45, 2.75) is 33.7 Å². The second-order valence-corrected chi connectivity index (χ2v) is 4.20. The summed E-state index contributed by atoms with van der Waals surface area (Å²) in [5, 5.41) is 0. The van der Waals surface area contributed by atoms with Crippen LogP contribution in [0.5, 0.6) is 0 Å². The molecule has 0 aromatic heterocycles. The minimum atomic E-state index is -2.13. The van der Waals surface area contributed by atoms with Crippen LogP contribution in [0.25, 0.3) is 0 Å². The molecule has 0 aliphatic carbocycles. The van der Waals surface area contributed by atoms with E-state index in [2.05, 4.69) is 6.58 Å². The van der Waals surface area contributed by atoms with E-state index < -0.39 is 6.04 Å². The molecule has 0 unspecified atom stereocenters. The number of alkyl halides is 1. The van der Waals surface area contributed by atoms with E-state index in [1.807, 2.05) is 27.7 Å². The van der Waals surface area contributed by atoms with Crippen LogP contribution >= 0.6 is 0 Å². The maximum Gasteiger partial charge on any atom is 0.341 e.